The highest BCUT2D eigenvalue weighted by atomic mass is 32.2. The molecule has 1 atom stereocenters. The molecule has 2 nitrogen and oxygen atoms in total. The second kappa shape index (κ2) is 6.66. The molecular formula is C15H19NOS. The second-order valence-corrected chi connectivity index (χ2v) is 5.06. The van der Waals surface area contributed by atoms with Crippen molar-refractivity contribution < 1.29 is 4.74 Å². The molecule has 0 saturated heterocycles. The fourth-order valence-corrected chi connectivity index (χ4v) is 2.41. The molecule has 2 rings (SSSR count). The molecule has 0 aromatic heterocycles. The van der Waals surface area contributed by atoms with E-state index in [1.165, 1.54) is 16.7 Å². The number of fused-ring (bicyclic) bond motifs is 1. The normalized spacial score (nSPS) is 17.9. The predicted molar refractivity (Wildman–Crippen MR) is 79.5 cm³/mol. The molecule has 1 unspecified atom stereocenters. The number of rotatable bonds is 6. The Hall–Kier alpha value is -1.19. The number of thioether (sulfide) groups is 1. The van der Waals surface area contributed by atoms with Crippen LogP contribution in [0.25, 0.3) is 6.08 Å². The lowest BCUT2D eigenvalue weighted by atomic mass is 10.1. The van der Waals surface area contributed by atoms with Crippen molar-refractivity contribution in [2.24, 2.45) is 0 Å². The summed E-state index contributed by atoms with van der Waals surface area (Å²) < 4.78 is 5.81. The summed E-state index contributed by atoms with van der Waals surface area (Å²) in [6.45, 7) is 4.38. The molecule has 0 saturated carbocycles. The maximum absolute atomic E-state index is 5.81. The first-order chi connectivity index (χ1) is 8.83. The first kappa shape index (κ1) is 13.2. The van der Waals surface area contributed by atoms with Crippen LogP contribution in [0.1, 0.15) is 16.7 Å². The van der Waals surface area contributed by atoms with E-state index in [0.29, 0.717) is 12.8 Å². The summed E-state index contributed by atoms with van der Waals surface area (Å²) in [5.74, 6) is 0. The Morgan fingerprint density at radius 1 is 1.44 bits per heavy atom. The molecule has 3 heteroatoms. The van der Waals surface area contributed by atoms with Gasteiger partial charge in [-0.1, -0.05) is 30.9 Å². The zero-order valence-corrected chi connectivity index (χ0v) is 11.5. The Bertz CT molecular complexity index is 442. The Morgan fingerprint density at radius 2 is 2.28 bits per heavy atom. The van der Waals surface area contributed by atoms with Gasteiger partial charge in [-0.05, 0) is 41.2 Å². The van der Waals surface area contributed by atoms with E-state index in [1.807, 2.05) is 23.9 Å². The van der Waals surface area contributed by atoms with Gasteiger partial charge in [-0.3, -0.25) is 0 Å². The molecule has 1 aliphatic rings. The summed E-state index contributed by atoms with van der Waals surface area (Å²) in [5, 5.41) is 5.13. The van der Waals surface area contributed by atoms with E-state index < -0.39 is 0 Å². The minimum atomic E-state index is 0.301. The van der Waals surface area contributed by atoms with Gasteiger partial charge in [0.15, 0.2) is 0 Å². The van der Waals surface area contributed by atoms with E-state index in [9.17, 15) is 0 Å². The molecule has 0 radical (unpaired) electrons. The Kier molecular flexibility index (Phi) is 4.90. The average molecular weight is 261 g/mol. The highest BCUT2D eigenvalue weighted by Gasteiger charge is 2.21. The predicted octanol–water partition coefficient (Wildman–Crippen LogP) is 3.19. The van der Waals surface area contributed by atoms with Gasteiger partial charge in [0.1, 0.15) is 6.73 Å². The number of ether oxygens (including phenoxy) is 1. The minimum absolute atomic E-state index is 0.301. The molecule has 96 valence electrons. The molecule has 0 bridgehead atoms. The van der Waals surface area contributed by atoms with E-state index >= 15 is 0 Å². The highest BCUT2D eigenvalue weighted by molar-refractivity contribution is 8.01. The zero-order valence-electron chi connectivity index (χ0n) is 10.7. The van der Waals surface area contributed by atoms with Crippen LogP contribution in [0.5, 0.6) is 0 Å². The zero-order chi connectivity index (χ0) is 12.8. The van der Waals surface area contributed by atoms with Gasteiger partial charge in [-0.15, -0.1) is 11.8 Å². The van der Waals surface area contributed by atoms with Crippen LogP contribution in [0.4, 0.5) is 0 Å². The van der Waals surface area contributed by atoms with Crippen molar-refractivity contribution in [2.75, 3.05) is 13.0 Å². The van der Waals surface area contributed by atoms with Crippen LogP contribution < -0.4 is 5.32 Å². The molecule has 18 heavy (non-hydrogen) atoms. The molecule has 1 aromatic carbocycles. The van der Waals surface area contributed by atoms with E-state index in [2.05, 4.69) is 30.1 Å². The van der Waals surface area contributed by atoms with Crippen LogP contribution in [0.15, 0.2) is 36.4 Å². The van der Waals surface area contributed by atoms with Crippen LogP contribution in [0.3, 0.4) is 0 Å². The Balaban J connectivity index is 1.82. The number of benzene rings is 1. The fourth-order valence-electron chi connectivity index (χ4n) is 2.17. The van der Waals surface area contributed by atoms with Crippen LogP contribution in [-0.2, 0) is 17.6 Å². The summed E-state index contributed by atoms with van der Waals surface area (Å²) >= 11 is 1.67. The fraction of sp³-hybridized carbons (Fsp3) is 0.333. The molecule has 1 N–H and O–H groups in total. The van der Waals surface area contributed by atoms with Crippen LogP contribution in [0.2, 0.25) is 0 Å². The van der Waals surface area contributed by atoms with E-state index in [-0.39, 0.29) is 0 Å². The molecule has 0 spiro atoms. The highest BCUT2D eigenvalue weighted by Crippen LogP contribution is 2.25. The summed E-state index contributed by atoms with van der Waals surface area (Å²) in [6.07, 6.45) is 8.16. The lowest BCUT2D eigenvalue weighted by Crippen LogP contribution is -2.20. The first-order valence-electron chi connectivity index (χ1n) is 6.10. The third kappa shape index (κ3) is 3.40. The van der Waals surface area contributed by atoms with Gasteiger partial charge in [0.05, 0.1) is 6.10 Å². The van der Waals surface area contributed by atoms with E-state index in [0.717, 1.165) is 12.8 Å². The number of nitrogens with one attached hydrogen (secondary N) is 1. The lowest BCUT2D eigenvalue weighted by Gasteiger charge is -2.10. The maximum Gasteiger partial charge on any atom is 0.116 e. The molecule has 0 heterocycles. The third-order valence-corrected chi connectivity index (χ3v) is 3.49. The summed E-state index contributed by atoms with van der Waals surface area (Å²) in [4.78, 5) is 0. The molecule has 1 aliphatic carbocycles. The first-order valence-corrected chi connectivity index (χ1v) is 7.39. The SMILES string of the molecule is C=Cc1ccc2c(c1)CC(OCN/C=C\SC)C2. The van der Waals surface area contributed by atoms with Crippen molar-refractivity contribution >= 4 is 17.8 Å². The van der Waals surface area contributed by atoms with Crippen molar-refractivity contribution in [1.29, 1.82) is 0 Å². The van der Waals surface area contributed by atoms with Crippen LogP contribution in [0, 0.1) is 0 Å². The van der Waals surface area contributed by atoms with Crippen molar-refractivity contribution in [3.63, 3.8) is 0 Å². The molecule has 0 amide bonds. The lowest BCUT2D eigenvalue weighted by molar-refractivity contribution is 0.0539. The van der Waals surface area contributed by atoms with Gasteiger partial charge in [-0.2, -0.15) is 0 Å². The van der Waals surface area contributed by atoms with Gasteiger partial charge in [0.2, 0.25) is 0 Å². The van der Waals surface area contributed by atoms with Gasteiger partial charge >= 0.3 is 0 Å². The van der Waals surface area contributed by atoms with Gasteiger partial charge in [0.25, 0.3) is 0 Å². The topological polar surface area (TPSA) is 21.3 Å². The largest absolute Gasteiger partial charge is 0.368 e. The number of hydrogen-bond acceptors (Lipinski definition) is 3. The molecule has 0 fully saturated rings. The van der Waals surface area contributed by atoms with Crippen LogP contribution >= 0.6 is 11.8 Å². The summed E-state index contributed by atoms with van der Waals surface area (Å²) in [5.41, 5.74) is 4.00. The second-order valence-electron chi connectivity index (χ2n) is 4.32. The standard InChI is InChI=1S/C15H19NOS/c1-3-12-4-5-13-9-15(10-14(13)8-12)17-11-16-6-7-18-2/h3-8,15-16H,1,9-11H2,2H3/b7-6-. The third-order valence-electron chi connectivity index (χ3n) is 3.09. The molecule has 1 aromatic rings. The Labute approximate surface area is 113 Å². The molecule has 0 aliphatic heterocycles. The van der Waals surface area contributed by atoms with Gasteiger partial charge in [0, 0.05) is 6.20 Å². The van der Waals surface area contributed by atoms with Crippen molar-refractivity contribution in [2.45, 2.75) is 18.9 Å². The average Bonchev–Trinajstić information content (AvgIpc) is 2.80. The van der Waals surface area contributed by atoms with E-state index in [1.54, 1.807) is 11.8 Å². The Morgan fingerprint density at radius 3 is 3.06 bits per heavy atom. The van der Waals surface area contributed by atoms with E-state index in [4.69, 9.17) is 4.74 Å². The van der Waals surface area contributed by atoms with Gasteiger partial charge in [-0.25, -0.2) is 0 Å². The van der Waals surface area contributed by atoms with Crippen molar-refractivity contribution in [3.8, 4) is 0 Å². The molecular weight excluding hydrogens is 242 g/mol. The van der Waals surface area contributed by atoms with Crippen molar-refractivity contribution in [1.82, 2.24) is 5.32 Å². The maximum atomic E-state index is 5.81. The summed E-state index contributed by atoms with van der Waals surface area (Å²) in [6, 6.07) is 6.52. The minimum Gasteiger partial charge on any atom is -0.368 e. The monoisotopic (exact) mass is 261 g/mol. The van der Waals surface area contributed by atoms with Crippen molar-refractivity contribution in [3.05, 3.63) is 53.1 Å². The van der Waals surface area contributed by atoms with Gasteiger partial charge < -0.3 is 10.1 Å². The summed E-state index contributed by atoms with van der Waals surface area (Å²) in [7, 11) is 0. The van der Waals surface area contributed by atoms with Crippen LogP contribution in [-0.4, -0.2) is 19.1 Å². The number of hydrogen-bond donors (Lipinski definition) is 1. The quantitative estimate of drug-likeness (QED) is 0.627. The smallest absolute Gasteiger partial charge is 0.116 e.